The van der Waals surface area contributed by atoms with Crippen LogP contribution in [0.3, 0.4) is 0 Å². The molecule has 1 heterocycles. The number of rotatable bonds is 3. The summed E-state index contributed by atoms with van der Waals surface area (Å²) in [4.78, 5) is 20.5. The van der Waals surface area contributed by atoms with Gasteiger partial charge in [0.25, 0.3) is 5.78 Å². The van der Waals surface area contributed by atoms with Crippen LogP contribution in [0.4, 0.5) is 0 Å². The Labute approximate surface area is 68.1 Å². The molecule has 0 aliphatic carbocycles. The van der Waals surface area contributed by atoms with Gasteiger partial charge in [-0.25, -0.2) is 4.79 Å². The van der Waals surface area contributed by atoms with Gasteiger partial charge in [-0.15, -0.1) is 0 Å². The molecule has 1 N–H and O–H groups in total. The third-order valence-corrected chi connectivity index (χ3v) is 1.15. The van der Waals surface area contributed by atoms with Gasteiger partial charge in [0.05, 0.1) is 6.26 Å². The molecule has 0 unspecified atom stereocenters. The van der Waals surface area contributed by atoms with Crippen LogP contribution in [0.15, 0.2) is 28.9 Å². The van der Waals surface area contributed by atoms with Gasteiger partial charge in [0.2, 0.25) is 0 Å². The number of carbonyl (C=O) groups excluding carboxylic acids is 1. The predicted molar refractivity (Wildman–Crippen MR) is 40.4 cm³/mol. The average molecular weight is 166 g/mol. The second-order valence-corrected chi connectivity index (χ2v) is 2.02. The van der Waals surface area contributed by atoms with Crippen molar-refractivity contribution in [2.24, 2.45) is 0 Å². The second kappa shape index (κ2) is 3.52. The number of ketones is 1. The summed E-state index contributed by atoms with van der Waals surface area (Å²) < 4.78 is 4.83. The summed E-state index contributed by atoms with van der Waals surface area (Å²) in [6, 6.07) is 3.26. The van der Waals surface area contributed by atoms with E-state index in [0.29, 0.717) is 5.76 Å². The number of furan rings is 1. The Bertz CT molecular complexity index is 308. The molecule has 0 aliphatic rings. The molecule has 0 aliphatic heterocycles. The molecule has 4 heteroatoms. The predicted octanol–water partition coefficient (Wildman–Crippen LogP) is 0.947. The van der Waals surface area contributed by atoms with Crippen LogP contribution >= 0.6 is 0 Å². The molecule has 0 radical (unpaired) electrons. The number of aliphatic carboxylic acids is 1. The third-order valence-electron chi connectivity index (χ3n) is 1.15. The Hall–Kier alpha value is -1.84. The normalized spacial score (nSPS) is 10.3. The molecule has 0 aromatic carbocycles. The van der Waals surface area contributed by atoms with Crippen molar-refractivity contribution in [1.82, 2.24) is 0 Å². The smallest absolute Gasteiger partial charge is 0.376 e. The van der Waals surface area contributed by atoms with Gasteiger partial charge in [0.15, 0.2) is 0 Å². The molecule has 1 rings (SSSR count). The summed E-state index contributed by atoms with van der Waals surface area (Å²) in [5.74, 6) is -1.99. The Morgan fingerprint density at radius 3 is 2.75 bits per heavy atom. The Balaban J connectivity index is 2.63. The van der Waals surface area contributed by atoms with Crippen LogP contribution in [0.2, 0.25) is 0 Å². The molecule has 4 nitrogen and oxygen atoms in total. The van der Waals surface area contributed by atoms with Crippen molar-refractivity contribution >= 4 is 17.8 Å². The maximum Gasteiger partial charge on any atom is 0.376 e. The van der Waals surface area contributed by atoms with E-state index in [0.717, 1.165) is 6.08 Å². The van der Waals surface area contributed by atoms with Crippen LogP contribution in [0, 0.1) is 0 Å². The van der Waals surface area contributed by atoms with E-state index in [9.17, 15) is 9.59 Å². The first kappa shape index (κ1) is 8.26. The van der Waals surface area contributed by atoms with Crippen molar-refractivity contribution in [3.8, 4) is 0 Å². The number of carboxylic acid groups (broad SMARTS) is 1. The highest BCUT2D eigenvalue weighted by atomic mass is 16.4. The molecule has 0 fully saturated rings. The minimum Gasteiger partial charge on any atom is -0.475 e. The summed E-state index contributed by atoms with van der Waals surface area (Å²) in [5, 5.41) is 8.18. The van der Waals surface area contributed by atoms with E-state index in [2.05, 4.69) is 0 Å². The Morgan fingerprint density at radius 2 is 2.25 bits per heavy atom. The molecular formula is C8H6O4. The highest BCUT2D eigenvalue weighted by Crippen LogP contribution is 2.01. The minimum atomic E-state index is -1.47. The summed E-state index contributed by atoms with van der Waals surface area (Å²) >= 11 is 0. The zero-order valence-corrected chi connectivity index (χ0v) is 6.06. The molecular weight excluding hydrogens is 160 g/mol. The van der Waals surface area contributed by atoms with Crippen molar-refractivity contribution in [2.45, 2.75) is 0 Å². The first-order valence-corrected chi connectivity index (χ1v) is 3.19. The zero-order chi connectivity index (χ0) is 8.97. The van der Waals surface area contributed by atoms with Crippen molar-refractivity contribution in [1.29, 1.82) is 0 Å². The molecule has 12 heavy (non-hydrogen) atoms. The van der Waals surface area contributed by atoms with E-state index in [1.165, 1.54) is 12.3 Å². The zero-order valence-electron chi connectivity index (χ0n) is 6.06. The van der Waals surface area contributed by atoms with Crippen molar-refractivity contribution < 1.29 is 19.1 Å². The van der Waals surface area contributed by atoms with Crippen LogP contribution in [-0.2, 0) is 9.59 Å². The number of carbonyl (C=O) groups is 2. The highest BCUT2D eigenvalue weighted by molar-refractivity contribution is 6.38. The van der Waals surface area contributed by atoms with Crippen LogP contribution < -0.4 is 0 Å². The van der Waals surface area contributed by atoms with Crippen LogP contribution in [0.5, 0.6) is 0 Å². The van der Waals surface area contributed by atoms with Crippen molar-refractivity contribution in [2.75, 3.05) is 0 Å². The second-order valence-electron chi connectivity index (χ2n) is 2.02. The van der Waals surface area contributed by atoms with E-state index < -0.39 is 11.8 Å². The van der Waals surface area contributed by atoms with Crippen LogP contribution in [-0.4, -0.2) is 16.9 Å². The number of hydrogen-bond donors (Lipinski definition) is 1. The van der Waals surface area contributed by atoms with Gasteiger partial charge < -0.3 is 9.52 Å². The van der Waals surface area contributed by atoms with Gasteiger partial charge in [-0.3, -0.25) is 4.79 Å². The molecule has 62 valence electrons. The molecule has 0 atom stereocenters. The largest absolute Gasteiger partial charge is 0.475 e. The van der Waals surface area contributed by atoms with Gasteiger partial charge in [0.1, 0.15) is 5.76 Å². The molecule has 0 saturated heterocycles. The standard InChI is InChI=1S/C8H6O4/c9-7(8(10)11)4-3-6-2-1-5-12-6/h1-5H,(H,10,11)/b4-3+. The monoisotopic (exact) mass is 166 g/mol. The fourth-order valence-electron chi connectivity index (χ4n) is 0.615. The first-order chi connectivity index (χ1) is 5.70. The van der Waals surface area contributed by atoms with Crippen molar-refractivity contribution in [3.63, 3.8) is 0 Å². The SMILES string of the molecule is O=C(O)C(=O)/C=C/c1ccco1. The van der Waals surface area contributed by atoms with E-state index >= 15 is 0 Å². The van der Waals surface area contributed by atoms with Crippen molar-refractivity contribution in [3.05, 3.63) is 30.2 Å². The van der Waals surface area contributed by atoms with Gasteiger partial charge in [-0.2, -0.15) is 0 Å². The molecule has 1 aromatic heterocycles. The maximum atomic E-state index is 10.5. The highest BCUT2D eigenvalue weighted by Gasteiger charge is 2.05. The van der Waals surface area contributed by atoms with E-state index in [4.69, 9.17) is 9.52 Å². The Kier molecular flexibility index (Phi) is 2.42. The van der Waals surface area contributed by atoms with Gasteiger partial charge >= 0.3 is 5.97 Å². The van der Waals surface area contributed by atoms with Gasteiger partial charge in [-0.05, 0) is 24.3 Å². The van der Waals surface area contributed by atoms with E-state index in [-0.39, 0.29) is 0 Å². The summed E-state index contributed by atoms with van der Waals surface area (Å²) in [6.07, 6.45) is 3.68. The van der Waals surface area contributed by atoms with Gasteiger partial charge in [-0.1, -0.05) is 0 Å². The molecule has 1 aromatic rings. The topological polar surface area (TPSA) is 67.5 Å². The number of hydrogen-bond acceptors (Lipinski definition) is 3. The lowest BCUT2D eigenvalue weighted by atomic mass is 10.3. The fourth-order valence-corrected chi connectivity index (χ4v) is 0.615. The van der Waals surface area contributed by atoms with E-state index in [1.54, 1.807) is 12.1 Å². The average Bonchev–Trinajstić information content (AvgIpc) is 2.51. The van der Waals surface area contributed by atoms with Crippen LogP contribution in [0.1, 0.15) is 5.76 Å². The summed E-state index contributed by atoms with van der Waals surface area (Å²) in [6.45, 7) is 0. The fraction of sp³-hybridized carbons (Fsp3) is 0. The Morgan fingerprint density at radius 1 is 1.50 bits per heavy atom. The lowest BCUT2D eigenvalue weighted by molar-refractivity contribution is -0.146. The molecule has 0 saturated carbocycles. The minimum absolute atomic E-state index is 0.449. The van der Waals surface area contributed by atoms with Crippen LogP contribution in [0.25, 0.3) is 6.08 Å². The molecule has 0 bridgehead atoms. The third kappa shape index (κ3) is 2.09. The molecule has 0 amide bonds. The lowest BCUT2D eigenvalue weighted by Gasteiger charge is -1.82. The first-order valence-electron chi connectivity index (χ1n) is 3.19. The lowest BCUT2D eigenvalue weighted by Crippen LogP contribution is -2.08. The van der Waals surface area contributed by atoms with E-state index in [1.807, 2.05) is 0 Å². The number of carboxylic acids is 1. The summed E-state index contributed by atoms with van der Waals surface area (Å²) in [7, 11) is 0. The van der Waals surface area contributed by atoms with Gasteiger partial charge in [0, 0.05) is 0 Å². The summed E-state index contributed by atoms with van der Waals surface area (Å²) in [5.41, 5.74) is 0. The quantitative estimate of drug-likeness (QED) is 0.536. The molecule has 0 spiro atoms. The maximum absolute atomic E-state index is 10.5.